The fraction of sp³-hybridized carbons (Fsp3) is 0.818. The van der Waals surface area contributed by atoms with E-state index in [0.29, 0.717) is 6.54 Å². The van der Waals surface area contributed by atoms with Crippen LogP contribution in [0.1, 0.15) is 32.6 Å². The first-order valence-electron chi connectivity index (χ1n) is 5.70. The Morgan fingerprint density at radius 2 is 1.88 bits per heavy atom. The van der Waals surface area contributed by atoms with E-state index in [9.17, 15) is 14.7 Å². The van der Waals surface area contributed by atoms with Crippen LogP contribution >= 0.6 is 0 Å². The van der Waals surface area contributed by atoms with Crippen molar-refractivity contribution in [2.45, 2.75) is 32.6 Å². The minimum atomic E-state index is -0.215. The van der Waals surface area contributed by atoms with Gasteiger partial charge in [0.05, 0.1) is 13.2 Å². The monoisotopic (exact) mass is 228 g/mol. The van der Waals surface area contributed by atoms with E-state index in [1.807, 2.05) is 0 Å². The van der Waals surface area contributed by atoms with Crippen molar-refractivity contribution in [3.05, 3.63) is 0 Å². The topological polar surface area (TPSA) is 78.4 Å². The van der Waals surface area contributed by atoms with E-state index in [-0.39, 0.29) is 30.4 Å². The Kier molecular flexibility index (Phi) is 4.73. The Balaban J connectivity index is 2.27. The highest BCUT2D eigenvalue weighted by Gasteiger charge is 2.33. The van der Waals surface area contributed by atoms with Crippen LogP contribution in [0.3, 0.4) is 0 Å². The van der Waals surface area contributed by atoms with Gasteiger partial charge in [-0.3, -0.25) is 9.59 Å². The summed E-state index contributed by atoms with van der Waals surface area (Å²) in [7, 11) is 0. The number of hydrogen-bond acceptors (Lipinski definition) is 3. The number of amides is 2. The van der Waals surface area contributed by atoms with E-state index >= 15 is 0 Å². The Morgan fingerprint density at radius 3 is 2.38 bits per heavy atom. The second-order valence-corrected chi connectivity index (χ2v) is 4.55. The van der Waals surface area contributed by atoms with E-state index < -0.39 is 0 Å². The molecule has 0 spiro atoms. The number of carbonyl (C=O) groups excluding carboxylic acids is 2. The molecule has 0 aromatic heterocycles. The number of rotatable bonds is 5. The van der Waals surface area contributed by atoms with Crippen molar-refractivity contribution in [1.82, 2.24) is 10.6 Å². The highest BCUT2D eigenvalue weighted by Crippen LogP contribution is 2.36. The molecule has 1 rings (SSSR count). The molecule has 1 aliphatic carbocycles. The molecule has 0 aromatic carbocycles. The van der Waals surface area contributed by atoms with Crippen LogP contribution in [0.4, 0.5) is 0 Å². The molecule has 16 heavy (non-hydrogen) atoms. The summed E-state index contributed by atoms with van der Waals surface area (Å²) in [4.78, 5) is 22.0. The summed E-state index contributed by atoms with van der Waals surface area (Å²) >= 11 is 0. The zero-order valence-electron chi connectivity index (χ0n) is 9.71. The van der Waals surface area contributed by atoms with Crippen LogP contribution < -0.4 is 10.6 Å². The molecule has 1 saturated carbocycles. The van der Waals surface area contributed by atoms with Crippen molar-refractivity contribution in [2.24, 2.45) is 5.41 Å². The van der Waals surface area contributed by atoms with Gasteiger partial charge in [-0.25, -0.2) is 0 Å². The van der Waals surface area contributed by atoms with Gasteiger partial charge in [-0.2, -0.15) is 0 Å². The molecule has 92 valence electrons. The van der Waals surface area contributed by atoms with Gasteiger partial charge >= 0.3 is 0 Å². The third-order valence-corrected chi connectivity index (χ3v) is 3.16. The highest BCUT2D eigenvalue weighted by atomic mass is 16.3. The minimum Gasteiger partial charge on any atom is -0.396 e. The van der Waals surface area contributed by atoms with Crippen LogP contribution in [0.15, 0.2) is 0 Å². The summed E-state index contributed by atoms with van der Waals surface area (Å²) in [5.74, 6) is -0.414. The maximum absolute atomic E-state index is 11.4. The van der Waals surface area contributed by atoms with Crippen molar-refractivity contribution < 1.29 is 14.7 Å². The highest BCUT2D eigenvalue weighted by molar-refractivity contribution is 5.83. The van der Waals surface area contributed by atoms with Crippen molar-refractivity contribution in [3.63, 3.8) is 0 Å². The lowest BCUT2D eigenvalue weighted by Crippen LogP contribution is -2.42. The third-order valence-electron chi connectivity index (χ3n) is 3.16. The zero-order chi connectivity index (χ0) is 12.0. The van der Waals surface area contributed by atoms with Gasteiger partial charge < -0.3 is 15.7 Å². The van der Waals surface area contributed by atoms with E-state index in [0.717, 1.165) is 25.7 Å². The van der Waals surface area contributed by atoms with Crippen molar-refractivity contribution in [1.29, 1.82) is 0 Å². The van der Waals surface area contributed by atoms with Gasteiger partial charge in [0.25, 0.3) is 0 Å². The maximum atomic E-state index is 11.4. The quantitative estimate of drug-likeness (QED) is 0.609. The van der Waals surface area contributed by atoms with Crippen LogP contribution in [0.2, 0.25) is 0 Å². The summed E-state index contributed by atoms with van der Waals surface area (Å²) in [6.07, 6.45) is 4.15. The molecule has 0 atom stereocenters. The summed E-state index contributed by atoms with van der Waals surface area (Å²) in [5.41, 5.74) is -0.133. The van der Waals surface area contributed by atoms with Gasteiger partial charge in [0.1, 0.15) is 0 Å². The molecular formula is C11H20N2O3. The van der Waals surface area contributed by atoms with Gasteiger partial charge in [-0.1, -0.05) is 12.8 Å². The van der Waals surface area contributed by atoms with E-state index in [1.165, 1.54) is 6.92 Å². The normalized spacial score (nSPS) is 18.1. The fourth-order valence-electron chi connectivity index (χ4n) is 2.07. The molecule has 2 amide bonds. The van der Waals surface area contributed by atoms with Crippen molar-refractivity contribution in [2.75, 3.05) is 19.7 Å². The first-order chi connectivity index (χ1) is 7.58. The Morgan fingerprint density at radius 1 is 1.25 bits per heavy atom. The van der Waals surface area contributed by atoms with Gasteiger partial charge in [0.15, 0.2) is 0 Å². The smallest absolute Gasteiger partial charge is 0.239 e. The first kappa shape index (κ1) is 13.0. The Hall–Kier alpha value is -1.10. The lowest BCUT2D eigenvalue weighted by molar-refractivity contribution is -0.125. The van der Waals surface area contributed by atoms with E-state index in [4.69, 9.17) is 0 Å². The number of carbonyl (C=O) groups is 2. The average molecular weight is 228 g/mol. The predicted octanol–water partition coefficient (Wildman–Crippen LogP) is -0.209. The van der Waals surface area contributed by atoms with Crippen molar-refractivity contribution >= 4 is 11.8 Å². The lowest BCUT2D eigenvalue weighted by Gasteiger charge is -2.26. The largest absolute Gasteiger partial charge is 0.396 e. The lowest BCUT2D eigenvalue weighted by atomic mass is 9.87. The Bertz CT molecular complexity index is 260. The summed E-state index contributed by atoms with van der Waals surface area (Å²) < 4.78 is 0. The molecule has 0 aliphatic heterocycles. The fourth-order valence-corrected chi connectivity index (χ4v) is 2.07. The molecule has 0 radical (unpaired) electrons. The maximum Gasteiger partial charge on any atom is 0.239 e. The van der Waals surface area contributed by atoms with Gasteiger partial charge in [0, 0.05) is 18.9 Å². The second kappa shape index (κ2) is 5.84. The van der Waals surface area contributed by atoms with E-state index in [1.54, 1.807) is 0 Å². The zero-order valence-corrected chi connectivity index (χ0v) is 9.71. The number of aliphatic hydroxyl groups excluding tert-OH is 1. The first-order valence-corrected chi connectivity index (χ1v) is 5.70. The summed E-state index contributed by atoms with van der Waals surface area (Å²) in [6.45, 7) is 2.01. The number of aliphatic hydroxyl groups is 1. The SMILES string of the molecule is CC(=O)NCC(=O)NCC1(CO)CCCC1. The molecule has 1 aliphatic rings. The summed E-state index contributed by atoms with van der Waals surface area (Å²) in [5, 5.41) is 14.5. The van der Waals surface area contributed by atoms with Crippen LogP contribution in [0.5, 0.6) is 0 Å². The minimum absolute atomic E-state index is 0.0108. The van der Waals surface area contributed by atoms with Gasteiger partial charge in [0.2, 0.25) is 11.8 Å². The molecule has 5 heteroatoms. The molecule has 0 unspecified atom stereocenters. The third kappa shape index (κ3) is 3.81. The standard InChI is InChI=1S/C11H20N2O3/c1-9(15)12-6-10(16)13-7-11(8-14)4-2-3-5-11/h14H,2-8H2,1H3,(H,12,15)(H,13,16). The Labute approximate surface area is 95.6 Å². The second-order valence-electron chi connectivity index (χ2n) is 4.55. The molecule has 5 nitrogen and oxygen atoms in total. The molecule has 0 saturated heterocycles. The van der Waals surface area contributed by atoms with Crippen LogP contribution in [-0.2, 0) is 9.59 Å². The van der Waals surface area contributed by atoms with Crippen molar-refractivity contribution in [3.8, 4) is 0 Å². The van der Waals surface area contributed by atoms with E-state index in [2.05, 4.69) is 10.6 Å². The average Bonchev–Trinajstić information content (AvgIpc) is 2.73. The number of nitrogens with one attached hydrogen (secondary N) is 2. The van der Waals surface area contributed by atoms with Gasteiger partial charge in [-0.15, -0.1) is 0 Å². The molecule has 1 fully saturated rings. The van der Waals surface area contributed by atoms with Gasteiger partial charge in [-0.05, 0) is 12.8 Å². The predicted molar refractivity (Wildman–Crippen MR) is 59.7 cm³/mol. The number of hydrogen-bond donors (Lipinski definition) is 3. The molecule has 0 bridgehead atoms. The van der Waals surface area contributed by atoms with Crippen LogP contribution in [0, 0.1) is 5.41 Å². The molecule has 3 N–H and O–H groups in total. The van der Waals surface area contributed by atoms with Crippen LogP contribution in [-0.4, -0.2) is 36.6 Å². The summed E-state index contributed by atoms with van der Waals surface area (Å²) in [6, 6.07) is 0. The molecule has 0 heterocycles. The van der Waals surface area contributed by atoms with Crippen LogP contribution in [0.25, 0.3) is 0 Å². The molecule has 0 aromatic rings. The molecular weight excluding hydrogens is 208 g/mol.